The van der Waals surface area contributed by atoms with Crippen LogP contribution < -0.4 is 4.73 Å². The third-order valence-electron chi connectivity index (χ3n) is 2.62. The van der Waals surface area contributed by atoms with Gasteiger partial charge >= 0.3 is 0 Å². The number of rotatable bonds is 3. The van der Waals surface area contributed by atoms with Crippen molar-refractivity contribution in [2.75, 3.05) is 7.11 Å². The van der Waals surface area contributed by atoms with Crippen LogP contribution in [0, 0.1) is 0 Å². The van der Waals surface area contributed by atoms with Crippen molar-refractivity contribution in [3.63, 3.8) is 0 Å². The molecule has 0 aromatic carbocycles. The number of aromatic nitrogens is 1. The number of aryl methyl sites for hydroxylation is 1. The molecule has 1 rings (SSSR count). The Morgan fingerprint density at radius 1 is 1.31 bits per heavy atom. The van der Waals surface area contributed by atoms with E-state index in [1.807, 2.05) is 19.1 Å². The van der Waals surface area contributed by atoms with E-state index in [2.05, 4.69) is 20.8 Å². The fourth-order valence-electron chi connectivity index (χ4n) is 1.74. The second-order valence-corrected chi connectivity index (χ2v) is 5.09. The van der Waals surface area contributed by atoms with Gasteiger partial charge in [0.05, 0.1) is 12.0 Å². The Labute approximate surface area is 97.6 Å². The van der Waals surface area contributed by atoms with Gasteiger partial charge in [0.2, 0.25) is 11.4 Å². The first-order valence-corrected chi connectivity index (χ1v) is 5.66. The Bertz CT molecular complexity index is 367. The summed E-state index contributed by atoms with van der Waals surface area (Å²) in [6.45, 7) is 8.88. The average Bonchev–Trinajstić information content (AvgIpc) is 2.19. The normalized spacial score (nSPS) is 11.8. The van der Waals surface area contributed by atoms with E-state index in [-0.39, 0.29) is 5.41 Å². The average molecular weight is 224 g/mol. The van der Waals surface area contributed by atoms with Gasteiger partial charge in [-0.2, -0.15) is 0 Å². The van der Waals surface area contributed by atoms with E-state index in [0.29, 0.717) is 6.61 Å². The van der Waals surface area contributed by atoms with Gasteiger partial charge in [-0.05, 0) is 5.56 Å². The lowest BCUT2D eigenvalue weighted by Crippen LogP contribution is -2.44. The lowest BCUT2D eigenvalue weighted by molar-refractivity contribution is -0.916. The van der Waals surface area contributed by atoms with Crippen LogP contribution in [0.25, 0.3) is 0 Å². The van der Waals surface area contributed by atoms with Gasteiger partial charge in [0, 0.05) is 30.4 Å². The molecule has 0 atom stereocenters. The van der Waals surface area contributed by atoms with Gasteiger partial charge in [-0.15, -0.1) is 0 Å². The first kappa shape index (κ1) is 13.0. The van der Waals surface area contributed by atoms with Crippen LogP contribution in [-0.4, -0.2) is 12.3 Å². The zero-order valence-electron chi connectivity index (χ0n) is 10.9. The first-order valence-electron chi connectivity index (χ1n) is 5.66. The van der Waals surface area contributed by atoms with Crippen molar-refractivity contribution < 1.29 is 14.7 Å². The maximum absolute atomic E-state index is 10.1. The van der Waals surface area contributed by atoms with Crippen molar-refractivity contribution in [3.8, 4) is 0 Å². The second kappa shape index (κ2) is 4.83. The van der Waals surface area contributed by atoms with Crippen molar-refractivity contribution in [2.24, 2.45) is 0 Å². The molecular weight excluding hydrogens is 202 g/mol. The molecule has 0 aliphatic carbocycles. The van der Waals surface area contributed by atoms with Crippen molar-refractivity contribution >= 4 is 0 Å². The van der Waals surface area contributed by atoms with Gasteiger partial charge in [0.25, 0.3) is 0 Å². The predicted octanol–water partition coefficient (Wildman–Crippen LogP) is 2.22. The molecule has 1 N–H and O–H groups in total. The standard InChI is InChI=1S/C13H22NO2/c1-6-11-7-10(9-16-5)8-12(14(11)15)13(2,3)4/h7-8,15H,6,9H2,1-5H3/q+1. The van der Waals surface area contributed by atoms with Gasteiger partial charge < -0.3 is 4.74 Å². The molecule has 0 aliphatic heterocycles. The number of ether oxygens (including phenoxy) is 1. The number of hydrogen-bond acceptors (Lipinski definition) is 2. The van der Waals surface area contributed by atoms with E-state index in [1.165, 1.54) is 4.73 Å². The molecule has 0 radical (unpaired) electrons. The number of pyridine rings is 1. The van der Waals surface area contributed by atoms with E-state index in [1.54, 1.807) is 7.11 Å². The van der Waals surface area contributed by atoms with E-state index < -0.39 is 0 Å². The SMILES string of the molecule is CCc1cc(COC)cc(C(C)(C)C)[n+]1O. The van der Waals surface area contributed by atoms with Crippen molar-refractivity contribution in [3.05, 3.63) is 29.1 Å². The summed E-state index contributed by atoms with van der Waals surface area (Å²) >= 11 is 0. The summed E-state index contributed by atoms with van der Waals surface area (Å²) in [5.74, 6) is 0. The van der Waals surface area contributed by atoms with Crippen LogP contribution in [0.3, 0.4) is 0 Å². The summed E-state index contributed by atoms with van der Waals surface area (Å²) in [6.07, 6.45) is 0.803. The van der Waals surface area contributed by atoms with Crippen LogP contribution in [0.15, 0.2) is 12.1 Å². The highest BCUT2D eigenvalue weighted by Crippen LogP contribution is 2.20. The Morgan fingerprint density at radius 3 is 2.38 bits per heavy atom. The number of hydrogen-bond donors (Lipinski definition) is 1. The maximum Gasteiger partial charge on any atom is 0.240 e. The fourth-order valence-corrected chi connectivity index (χ4v) is 1.74. The summed E-state index contributed by atoms with van der Waals surface area (Å²) in [6, 6.07) is 3.99. The molecule has 3 heteroatoms. The van der Waals surface area contributed by atoms with Gasteiger partial charge in [0.1, 0.15) is 0 Å². The van der Waals surface area contributed by atoms with Crippen LogP contribution in [0.2, 0.25) is 0 Å². The van der Waals surface area contributed by atoms with Crippen molar-refractivity contribution in [2.45, 2.75) is 46.1 Å². The third-order valence-corrected chi connectivity index (χ3v) is 2.62. The molecule has 1 aromatic rings. The molecule has 0 fully saturated rings. The zero-order chi connectivity index (χ0) is 12.3. The molecule has 1 heterocycles. The van der Waals surface area contributed by atoms with Crippen LogP contribution in [0.4, 0.5) is 0 Å². The predicted molar refractivity (Wildman–Crippen MR) is 62.6 cm³/mol. The lowest BCUT2D eigenvalue weighted by atomic mass is 9.90. The molecule has 0 saturated heterocycles. The summed E-state index contributed by atoms with van der Waals surface area (Å²) in [7, 11) is 1.68. The van der Waals surface area contributed by atoms with Crippen LogP contribution in [0.5, 0.6) is 0 Å². The minimum Gasteiger partial charge on any atom is -0.380 e. The summed E-state index contributed by atoms with van der Waals surface area (Å²) < 4.78 is 6.45. The molecule has 90 valence electrons. The molecule has 3 nitrogen and oxygen atoms in total. The monoisotopic (exact) mass is 224 g/mol. The smallest absolute Gasteiger partial charge is 0.240 e. The highest BCUT2D eigenvalue weighted by Gasteiger charge is 2.29. The van der Waals surface area contributed by atoms with Crippen molar-refractivity contribution in [1.29, 1.82) is 0 Å². The zero-order valence-corrected chi connectivity index (χ0v) is 10.9. The van der Waals surface area contributed by atoms with Crippen LogP contribution in [-0.2, 0) is 23.2 Å². The third kappa shape index (κ3) is 2.73. The largest absolute Gasteiger partial charge is 0.380 e. The highest BCUT2D eigenvalue weighted by atomic mass is 16.5. The van der Waals surface area contributed by atoms with Gasteiger partial charge in [-0.25, -0.2) is 0 Å². The summed E-state index contributed by atoms with van der Waals surface area (Å²) in [4.78, 5) is 0. The quantitative estimate of drug-likeness (QED) is 0.631. The van der Waals surface area contributed by atoms with Gasteiger partial charge in [0.15, 0.2) is 0 Å². The fraction of sp³-hybridized carbons (Fsp3) is 0.615. The van der Waals surface area contributed by atoms with Gasteiger partial charge in [-0.1, -0.05) is 27.7 Å². The van der Waals surface area contributed by atoms with Crippen LogP contribution in [0.1, 0.15) is 44.6 Å². The second-order valence-electron chi connectivity index (χ2n) is 5.09. The van der Waals surface area contributed by atoms with E-state index in [9.17, 15) is 5.21 Å². The minimum absolute atomic E-state index is 0.0809. The molecule has 0 bridgehead atoms. The van der Waals surface area contributed by atoms with E-state index >= 15 is 0 Å². The molecule has 0 unspecified atom stereocenters. The minimum atomic E-state index is -0.0809. The molecular formula is C13H22NO2+. The number of nitrogens with zero attached hydrogens (tertiary/aromatic N) is 1. The van der Waals surface area contributed by atoms with Gasteiger partial charge in [-0.3, -0.25) is 5.21 Å². The molecule has 0 amide bonds. The van der Waals surface area contributed by atoms with Crippen LogP contribution >= 0.6 is 0 Å². The Kier molecular flexibility index (Phi) is 3.92. The van der Waals surface area contributed by atoms with Crippen molar-refractivity contribution in [1.82, 2.24) is 0 Å². The highest BCUT2D eigenvalue weighted by molar-refractivity contribution is 5.20. The molecule has 1 aromatic heterocycles. The van der Waals surface area contributed by atoms with E-state index in [0.717, 1.165) is 23.4 Å². The first-order chi connectivity index (χ1) is 7.40. The molecule has 0 spiro atoms. The Morgan fingerprint density at radius 2 is 1.94 bits per heavy atom. The Balaban J connectivity index is 3.30. The molecule has 0 saturated carbocycles. The summed E-state index contributed by atoms with van der Waals surface area (Å²) in [5, 5.41) is 10.1. The Hall–Kier alpha value is -1.09. The summed E-state index contributed by atoms with van der Waals surface area (Å²) in [5.41, 5.74) is 2.86. The maximum atomic E-state index is 10.1. The molecule has 0 aliphatic rings. The molecule has 16 heavy (non-hydrogen) atoms. The number of methoxy groups -OCH3 is 1. The topological polar surface area (TPSA) is 33.3 Å². The van der Waals surface area contributed by atoms with E-state index in [4.69, 9.17) is 4.74 Å². The lowest BCUT2D eigenvalue weighted by Gasteiger charge is -2.15.